The third-order valence-corrected chi connectivity index (χ3v) is 3.43. The molecule has 0 heterocycles. The molecular weight excluding hydrogens is 234 g/mol. The fourth-order valence-corrected chi connectivity index (χ4v) is 2.23. The van der Waals surface area contributed by atoms with Gasteiger partial charge in [0.05, 0.1) is 12.6 Å². The van der Waals surface area contributed by atoms with Crippen LogP contribution < -0.4 is 5.32 Å². The van der Waals surface area contributed by atoms with Crippen molar-refractivity contribution in [2.24, 2.45) is 0 Å². The van der Waals surface area contributed by atoms with Crippen LogP contribution in [-0.2, 0) is 4.79 Å². The fraction of sp³-hybridized carbons (Fsp3) is 0.462. The van der Waals surface area contributed by atoms with E-state index in [4.69, 9.17) is 5.11 Å². The second-order valence-corrected chi connectivity index (χ2v) is 4.94. The van der Waals surface area contributed by atoms with Crippen molar-refractivity contribution in [3.05, 3.63) is 30.3 Å². The minimum Gasteiger partial charge on any atom is -0.394 e. The molecule has 0 fully saturated rings. The molecule has 1 amide bonds. The molecule has 3 nitrogen and oxygen atoms in total. The minimum absolute atomic E-state index is 0.00800. The van der Waals surface area contributed by atoms with E-state index in [9.17, 15) is 4.79 Å². The van der Waals surface area contributed by atoms with Gasteiger partial charge >= 0.3 is 0 Å². The molecule has 0 saturated heterocycles. The SMILES string of the molecule is CC[C@H](CO)NC(=O)CCSc1ccccc1. The largest absolute Gasteiger partial charge is 0.394 e. The summed E-state index contributed by atoms with van der Waals surface area (Å²) in [6.45, 7) is 1.95. The van der Waals surface area contributed by atoms with Crippen molar-refractivity contribution in [2.75, 3.05) is 12.4 Å². The Labute approximate surface area is 107 Å². The monoisotopic (exact) mass is 253 g/mol. The highest BCUT2D eigenvalue weighted by Gasteiger charge is 2.08. The van der Waals surface area contributed by atoms with Gasteiger partial charge in [-0.05, 0) is 18.6 Å². The number of hydrogen-bond acceptors (Lipinski definition) is 3. The van der Waals surface area contributed by atoms with Gasteiger partial charge in [-0.2, -0.15) is 0 Å². The van der Waals surface area contributed by atoms with Gasteiger partial charge in [0.25, 0.3) is 0 Å². The zero-order chi connectivity index (χ0) is 12.5. The van der Waals surface area contributed by atoms with Gasteiger partial charge < -0.3 is 10.4 Å². The van der Waals surface area contributed by atoms with Gasteiger partial charge in [-0.3, -0.25) is 4.79 Å². The van der Waals surface area contributed by atoms with Crippen LogP contribution in [-0.4, -0.2) is 29.4 Å². The van der Waals surface area contributed by atoms with E-state index in [1.54, 1.807) is 11.8 Å². The average Bonchev–Trinajstić information content (AvgIpc) is 2.37. The number of thioether (sulfide) groups is 1. The summed E-state index contributed by atoms with van der Waals surface area (Å²) in [5.41, 5.74) is 0. The molecule has 0 radical (unpaired) electrons. The number of nitrogens with one attached hydrogen (secondary N) is 1. The molecule has 0 spiro atoms. The molecule has 94 valence electrons. The lowest BCUT2D eigenvalue weighted by Crippen LogP contribution is -2.37. The number of hydrogen-bond donors (Lipinski definition) is 2. The highest BCUT2D eigenvalue weighted by Crippen LogP contribution is 2.17. The lowest BCUT2D eigenvalue weighted by molar-refractivity contribution is -0.121. The van der Waals surface area contributed by atoms with Crippen molar-refractivity contribution >= 4 is 17.7 Å². The van der Waals surface area contributed by atoms with Crippen molar-refractivity contribution in [1.82, 2.24) is 5.32 Å². The molecule has 0 aliphatic rings. The van der Waals surface area contributed by atoms with E-state index in [1.807, 2.05) is 37.3 Å². The van der Waals surface area contributed by atoms with Crippen LogP contribution in [0.1, 0.15) is 19.8 Å². The van der Waals surface area contributed by atoms with Crippen LogP contribution in [0.15, 0.2) is 35.2 Å². The van der Waals surface area contributed by atoms with Crippen molar-refractivity contribution < 1.29 is 9.90 Å². The van der Waals surface area contributed by atoms with E-state index < -0.39 is 0 Å². The summed E-state index contributed by atoms with van der Waals surface area (Å²) in [7, 11) is 0. The molecule has 0 unspecified atom stereocenters. The van der Waals surface area contributed by atoms with Crippen LogP contribution in [0.2, 0.25) is 0 Å². The number of carbonyl (C=O) groups is 1. The molecule has 0 aromatic heterocycles. The minimum atomic E-state index is -0.107. The van der Waals surface area contributed by atoms with Gasteiger partial charge in [0.1, 0.15) is 0 Å². The molecule has 17 heavy (non-hydrogen) atoms. The first-order chi connectivity index (χ1) is 8.26. The molecule has 0 bridgehead atoms. The van der Waals surface area contributed by atoms with Crippen LogP contribution in [0.3, 0.4) is 0 Å². The Morgan fingerprint density at radius 1 is 1.41 bits per heavy atom. The van der Waals surface area contributed by atoms with E-state index in [1.165, 1.54) is 4.90 Å². The van der Waals surface area contributed by atoms with Gasteiger partial charge in [0.2, 0.25) is 5.91 Å². The summed E-state index contributed by atoms with van der Waals surface area (Å²) < 4.78 is 0. The molecule has 0 aliphatic carbocycles. The standard InChI is InChI=1S/C13H19NO2S/c1-2-11(10-15)14-13(16)8-9-17-12-6-4-3-5-7-12/h3-7,11,15H,2,8-10H2,1H3,(H,14,16)/t11-/m1/s1. The molecule has 1 atom stereocenters. The third kappa shape index (κ3) is 5.75. The number of benzene rings is 1. The average molecular weight is 253 g/mol. The van der Waals surface area contributed by atoms with Crippen LogP contribution in [0.4, 0.5) is 0 Å². The van der Waals surface area contributed by atoms with E-state index in [0.29, 0.717) is 6.42 Å². The zero-order valence-electron chi connectivity index (χ0n) is 10.1. The van der Waals surface area contributed by atoms with Crippen LogP contribution in [0.25, 0.3) is 0 Å². The lowest BCUT2D eigenvalue weighted by Gasteiger charge is -2.13. The molecule has 1 rings (SSSR count). The lowest BCUT2D eigenvalue weighted by atomic mass is 10.2. The molecule has 4 heteroatoms. The first kappa shape index (κ1) is 14.1. The summed E-state index contributed by atoms with van der Waals surface area (Å²) in [6, 6.07) is 9.91. The Bertz CT molecular complexity index is 325. The first-order valence-electron chi connectivity index (χ1n) is 5.84. The second kappa shape index (κ2) is 8.14. The Morgan fingerprint density at radius 3 is 2.71 bits per heavy atom. The smallest absolute Gasteiger partial charge is 0.221 e. The summed E-state index contributed by atoms with van der Waals surface area (Å²) >= 11 is 1.67. The van der Waals surface area contributed by atoms with Gasteiger partial charge in [0, 0.05) is 17.1 Å². The highest BCUT2D eigenvalue weighted by molar-refractivity contribution is 7.99. The quantitative estimate of drug-likeness (QED) is 0.731. The Balaban J connectivity index is 2.20. The molecule has 1 aromatic rings. The van der Waals surface area contributed by atoms with E-state index >= 15 is 0 Å². The zero-order valence-corrected chi connectivity index (χ0v) is 10.9. The number of aliphatic hydroxyl groups excluding tert-OH is 1. The Morgan fingerprint density at radius 2 is 2.12 bits per heavy atom. The summed E-state index contributed by atoms with van der Waals surface area (Å²) in [5.74, 6) is 0.770. The number of aliphatic hydroxyl groups is 1. The number of amides is 1. The van der Waals surface area contributed by atoms with Gasteiger partial charge in [-0.1, -0.05) is 25.1 Å². The maximum absolute atomic E-state index is 11.5. The van der Waals surface area contributed by atoms with E-state index in [2.05, 4.69) is 5.32 Å². The molecule has 0 saturated carbocycles. The third-order valence-electron chi connectivity index (χ3n) is 2.42. The fourth-order valence-electron chi connectivity index (χ4n) is 1.35. The van der Waals surface area contributed by atoms with Crippen molar-refractivity contribution in [1.29, 1.82) is 0 Å². The first-order valence-corrected chi connectivity index (χ1v) is 6.83. The second-order valence-electron chi connectivity index (χ2n) is 3.77. The normalized spacial score (nSPS) is 12.1. The van der Waals surface area contributed by atoms with Gasteiger partial charge in [0.15, 0.2) is 0 Å². The summed E-state index contributed by atoms with van der Waals surface area (Å²) in [5, 5.41) is 11.8. The topological polar surface area (TPSA) is 49.3 Å². The number of carbonyl (C=O) groups excluding carboxylic acids is 1. The molecule has 2 N–H and O–H groups in total. The Hall–Kier alpha value is -1.00. The summed E-state index contributed by atoms with van der Waals surface area (Å²) in [4.78, 5) is 12.7. The molecule has 1 aromatic carbocycles. The highest BCUT2D eigenvalue weighted by atomic mass is 32.2. The summed E-state index contributed by atoms with van der Waals surface area (Å²) in [6.07, 6.45) is 1.24. The van der Waals surface area contributed by atoms with Gasteiger partial charge in [-0.15, -0.1) is 11.8 Å². The van der Waals surface area contributed by atoms with Crippen LogP contribution in [0.5, 0.6) is 0 Å². The molecule has 0 aliphatic heterocycles. The predicted octanol–water partition coefficient (Wildman–Crippen LogP) is 2.06. The van der Waals surface area contributed by atoms with Gasteiger partial charge in [-0.25, -0.2) is 0 Å². The van der Waals surface area contributed by atoms with Crippen molar-refractivity contribution in [2.45, 2.75) is 30.7 Å². The maximum atomic E-state index is 11.5. The maximum Gasteiger partial charge on any atom is 0.221 e. The Kier molecular flexibility index (Phi) is 6.74. The molecular formula is C13H19NO2S. The van der Waals surface area contributed by atoms with E-state index in [-0.39, 0.29) is 18.6 Å². The van der Waals surface area contributed by atoms with Crippen LogP contribution >= 0.6 is 11.8 Å². The van der Waals surface area contributed by atoms with Crippen molar-refractivity contribution in [3.63, 3.8) is 0 Å². The van der Waals surface area contributed by atoms with Crippen molar-refractivity contribution in [3.8, 4) is 0 Å². The number of rotatable bonds is 7. The predicted molar refractivity (Wildman–Crippen MR) is 71.1 cm³/mol. The van der Waals surface area contributed by atoms with Crippen LogP contribution in [0, 0.1) is 0 Å². The van der Waals surface area contributed by atoms with E-state index in [0.717, 1.165) is 12.2 Å².